The van der Waals surface area contributed by atoms with Crippen molar-refractivity contribution in [2.45, 2.75) is 31.1 Å². The Hall–Kier alpha value is -3.94. The molecule has 1 aliphatic carbocycles. The van der Waals surface area contributed by atoms with Crippen LogP contribution in [0.25, 0.3) is 11.4 Å². The van der Waals surface area contributed by atoms with Crippen molar-refractivity contribution in [1.82, 2.24) is 20.1 Å². The number of hydrogen-bond acceptors (Lipinski definition) is 7. The molecule has 0 radical (unpaired) electrons. The van der Waals surface area contributed by atoms with Crippen LogP contribution in [0.15, 0.2) is 42.6 Å². The number of rotatable bonds is 6. The van der Waals surface area contributed by atoms with Crippen molar-refractivity contribution in [1.29, 1.82) is 0 Å². The van der Waals surface area contributed by atoms with E-state index in [0.717, 1.165) is 17.4 Å². The summed E-state index contributed by atoms with van der Waals surface area (Å²) < 4.78 is 67.3. The van der Waals surface area contributed by atoms with Gasteiger partial charge in [-0.1, -0.05) is 12.1 Å². The molecule has 2 N–H and O–H groups in total. The van der Waals surface area contributed by atoms with Crippen molar-refractivity contribution >= 4 is 27.3 Å². The molecule has 5 rings (SSSR count). The first-order chi connectivity index (χ1) is 17.8. The van der Waals surface area contributed by atoms with Crippen LogP contribution in [0.4, 0.5) is 18.9 Å². The van der Waals surface area contributed by atoms with E-state index in [1.165, 1.54) is 23.0 Å². The summed E-state index contributed by atoms with van der Waals surface area (Å²) in [6, 6.07) is 9.63. The zero-order valence-electron chi connectivity index (χ0n) is 20.0. The number of halogens is 3. The van der Waals surface area contributed by atoms with E-state index < -0.39 is 45.7 Å². The first-order valence-corrected chi connectivity index (χ1v) is 13.5. The third-order valence-corrected chi connectivity index (χ3v) is 7.11. The van der Waals surface area contributed by atoms with Crippen molar-refractivity contribution in [3.8, 4) is 17.1 Å². The predicted octanol–water partition coefficient (Wildman–Crippen LogP) is 2.45. The van der Waals surface area contributed by atoms with E-state index >= 15 is 0 Å². The first-order valence-electron chi connectivity index (χ1n) is 11.5. The summed E-state index contributed by atoms with van der Waals surface area (Å²) in [5.41, 5.74) is 1.23. The van der Waals surface area contributed by atoms with Crippen molar-refractivity contribution in [2.75, 3.05) is 23.9 Å². The van der Waals surface area contributed by atoms with E-state index in [0.29, 0.717) is 18.5 Å². The second-order valence-corrected chi connectivity index (χ2v) is 11.5. The van der Waals surface area contributed by atoms with Crippen LogP contribution >= 0.6 is 0 Å². The molecule has 10 nitrogen and oxygen atoms in total. The van der Waals surface area contributed by atoms with Crippen molar-refractivity contribution in [3.63, 3.8) is 0 Å². The molecule has 0 saturated heterocycles. The van der Waals surface area contributed by atoms with Gasteiger partial charge < -0.3 is 15.4 Å². The molecule has 0 bridgehead atoms. The molecular formula is C24H22F3N5O5S. The minimum absolute atomic E-state index is 0.0386. The summed E-state index contributed by atoms with van der Waals surface area (Å²) in [7, 11) is -3.63. The fourth-order valence-corrected chi connectivity index (χ4v) is 5.42. The fraction of sp³-hybridized carbons (Fsp3) is 0.333. The summed E-state index contributed by atoms with van der Waals surface area (Å²) >= 11 is 0. The molecule has 1 atom stereocenters. The lowest BCUT2D eigenvalue weighted by Gasteiger charge is -2.36. The number of aryl methyl sites for hydroxylation is 1. The number of aromatic nitrogens is 3. The van der Waals surface area contributed by atoms with Gasteiger partial charge in [0.25, 0.3) is 5.91 Å². The van der Waals surface area contributed by atoms with E-state index in [2.05, 4.69) is 20.7 Å². The van der Waals surface area contributed by atoms with Crippen molar-refractivity contribution in [2.24, 2.45) is 0 Å². The SMILES string of the molecule is CS(=O)(=O)CC(=O)Nc1c(-c2ccccn2)nn2c1C(=O)N[C@]1(CCc3cc(OCC(F)(F)F)ccc31)C2. The summed E-state index contributed by atoms with van der Waals surface area (Å²) in [5.74, 6) is -2.08. The lowest BCUT2D eigenvalue weighted by atomic mass is 9.89. The van der Waals surface area contributed by atoms with E-state index in [-0.39, 0.29) is 29.4 Å². The largest absolute Gasteiger partial charge is 0.484 e. The van der Waals surface area contributed by atoms with Crippen LogP contribution in [-0.4, -0.2) is 59.8 Å². The molecule has 2 amide bonds. The van der Waals surface area contributed by atoms with Crippen LogP contribution in [0.2, 0.25) is 0 Å². The minimum Gasteiger partial charge on any atom is -0.484 e. The minimum atomic E-state index is -4.46. The zero-order valence-corrected chi connectivity index (χ0v) is 20.8. The van der Waals surface area contributed by atoms with Crippen LogP contribution in [0.3, 0.4) is 0 Å². The summed E-state index contributed by atoms with van der Waals surface area (Å²) in [4.78, 5) is 30.2. The van der Waals surface area contributed by atoms with Crippen molar-refractivity contribution < 1.29 is 35.9 Å². The maximum atomic E-state index is 13.5. The topological polar surface area (TPSA) is 132 Å². The summed E-state index contributed by atoms with van der Waals surface area (Å²) in [5, 5.41) is 10.1. The Kier molecular flexibility index (Phi) is 6.16. The van der Waals surface area contributed by atoms with Gasteiger partial charge in [-0.3, -0.25) is 19.3 Å². The maximum Gasteiger partial charge on any atom is 0.422 e. The van der Waals surface area contributed by atoms with Crippen LogP contribution in [-0.2, 0) is 33.1 Å². The molecule has 1 aromatic carbocycles. The molecule has 0 unspecified atom stereocenters. The fourth-order valence-electron chi connectivity index (χ4n) is 4.87. The number of nitrogens with one attached hydrogen (secondary N) is 2. The van der Waals surface area contributed by atoms with E-state index in [1.807, 2.05) is 0 Å². The monoisotopic (exact) mass is 549 g/mol. The number of sulfone groups is 1. The molecule has 1 aliphatic heterocycles. The number of pyridine rings is 1. The van der Waals surface area contributed by atoms with Gasteiger partial charge in [0.05, 0.1) is 17.8 Å². The average Bonchev–Trinajstić information content (AvgIpc) is 3.35. The third kappa shape index (κ3) is 5.08. The summed E-state index contributed by atoms with van der Waals surface area (Å²) in [6.07, 6.45) is -1.07. The third-order valence-electron chi connectivity index (χ3n) is 6.32. The number of nitrogens with zero attached hydrogens (tertiary/aromatic N) is 3. The van der Waals surface area contributed by atoms with Gasteiger partial charge in [-0.2, -0.15) is 18.3 Å². The molecule has 2 aromatic heterocycles. The smallest absolute Gasteiger partial charge is 0.422 e. The molecule has 38 heavy (non-hydrogen) atoms. The van der Waals surface area contributed by atoms with Gasteiger partial charge in [0, 0.05) is 12.5 Å². The normalized spacial score (nSPS) is 18.6. The predicted molar refractivity (Wildman–Crippen MR) is 129 cm³/mol. The molecular weight excluding hydrogens is 527 g/mol. The lowest BCUT2D eigenvalue weighted by Crippen LogP contribution is -2.52. The number of benzene rings is 1. The first kappa shape index (κ1) is 25.7. The number of carbonyl (C=O) groups is 2. The van der Waals surface area contributed by atoms with Crippen LogP contribution in [0.5, 0.6) is 5.75 Å². The van der Waals surface area contributed by atoms with Gasteiger partial charge in [0.2, 0.25) is 5.91 Å². The maximum absolute atomic E-state index is 13.5. The molecule has 0 saturated carbocycles. The van der Waals surface area contributed by atoms with Crippen molar-refractivity contribution in [3.05, 3.63) is 59.4 Å². The Morgan fingerprint density at radius 2 is 2.05 bits per heavy atom. The summed E-state index contributed by atoms with van der Waals surface area (Å²) in [6.45, 7) is -1.24. The number of hydrogen-bond donors (Lipinski definition) is 2. The van der Waals surface area contributed by atoms with Gasteiger partial charge >= 0.3 is 6.18 Å². The Labute approximate surface area is 215 Å². The highest BCUT2D eigenvalue weighted by atomic mass is 32.2. The van der Waals surface area contributed by atoms with Gasteiger partial charge in [-0.25, -0.2) is 8.42 Å². The van der Waals surface area contributed by atoms with Crippen LogP contribution in [0.1, 0.15) is 28.0 Å². The molecule has 200 valence electrons. The van der Waals surface area contributed by atoms with Gasteiger partial charge in [-0.05, 0) is 48.2 Å². The molecule has 0 fully saturated rings. The molecule has 14 heteroatoms. The van der Waals surface area contributed by atoms with Gasteiger partial charge in [0.15, 0.2) is 22.1 Å². The molecule has 1 spiro atoms. The highest BCUT2D eigenvalue weighted by Crippen LogP contribution is 2.43. The Morgan fingerprint density at radius 1 is 1.26 bits per heavy atom. The number of amides is 2. The number of anilines is 1. The van der Waals surface area contributed by atoms with Gasteiger partial charge in [-0.15, -0.1) is 0 Å². The molecule has 3 heterocycles. The molecule has 2 aliphatic rings. The second kappa shape index (κ2) is 9.11. The quantitative estimate of drug-likeness (QED) is 0.483. The number of ether oxygens (including phenoxy) is 1. The second-order valence-electron chi connectivity index (χ2n) is 9.32. The lowest BCUT2D eigenvalue weighted by molar-refractivity contribution is -0.153. The van der Waals surface area contributed by atoms with Crippen LogP contribution in [0, 0.1) is 0 Å². The van der Waals surface area contributed by atoms with E-state index in [4.69, 9.17) is 4.74 Å². The highest BCUT2D eigenvalue weighted by molar-refractivity contribution is 7.91. The van der Waals surface area contributed by atoms with E-state index in [9.17, 15) is 31.2 Å². The van der Waals surface area contributed by atoms with Crippen LogP contribution < -0.4 is 15.4 Å². The number of alkyl halides is 3. The zero-order chi connectivity index (χ0) is 27.3. The highest BCUT2D eigenvalue weighted by Gasteiger charge is 2.46. The molecule has 3 aromatic rings. The Balaban J connectivity index is 1.51. The number of carbonyl (C=O) groups excluding carboxylic acids is 2. The number of fused-ring (bicyclic) bond motifs is 3. The standard InChI is InChI=1S/C24H22F3N5O5S/c1-38(35,36)11-18(33)29-20-19(17-4-2-3-9-28-17)31-32-12-23(30-22(34)21(20)32)8-7-14-10-15(5-6-16(14)23)37-13-24(25,26)27/h2-6,9-10H,7-8,11-13H2,1H3,(H,29,33)(H,30,34)/t23-/m1/s1. The average molecular weight is 550 g/mol. The van der Waals surface area contributed by atoms with Gasteiger partial charge in [0.1, 0.15) is 22.9 Å². The van der Waals surface area contributed by atoms with E-state index in [1.54, 1.807) is 24.3 Å². The Morgan fingerprint density at radius 3 is 2.74 bits per heavy atom. The Bertz CT molecular complexity index is 1540.